The molecular weight excluding hydrogens is 385 g/mol. The minimum atomic E-state index is -0.473. The number of carbonyl (C=O) groups excluding carboxylic acids is 1. The van der Waals surface area contributed by atoms with Crippen molar-refractivity contribution in [2.45, 2.75) is 12.5 Å². The van der Waals surface area contributed by atoms with Gasteiger partial charge in [0.25, 0.3) is 5.91 Å². The van der Waals surface area contributed by atoms with Crippen molar-refractivity contribution in [1.82, 2.24) is 10.2 Å². The van der Waals surface area contributed by atoms with Crippen molar-refractivity contribution in [3.63, 3.8) is 0 Å². The molecule has 0 aliphatic carbocycles. The van der Waals surface area contributed by atoms with E-state index in [0.29, 0.717) is 19.8 Å². The average molecular weight is 413 g/mol. The fourth-order valence-electron chi connectivity index (χ4n) is 4.11. The van der Waals surface area contributed by atoms with E-state index in [9.17, 15) is 9.18 Å². The Hall–Kier alpha value is -2.64. The lowest BCUT2D eigenvalue weighted by Gasteiger charge is -2.35. The summed E-state index contributed by atoms with van der Waals surface area (Å²) < 4.78 is 24.5. The van der Waals surface area contributed by atoms with Gasteiger partial charge >= 0.3 is 0 Å². The van der Waals surface area contributed by atoms with E-state index in [2.05, 4.69) is 40.4 Å². The van der Waals surface area contributed by atoms with Crippen LogP contribution in [-0.2, 0) is 16.0 Å². The molecule has 0 bridgehead atoms. The molecule has 0 unspecified atom stereocenters. The first-order valence-corrected chi connectivity index (χ1v) is 10.4. The van der Waals surface area contributed by atoms with Crippen molar-refractivity contribution in [1.29, 1.82) is 0 Å². The molecule has 7 heteroatoms. The van der Waals surface area contributed by atoms with Gasteiger partial charge in [-0.05, 0) is 35.7 Å². The van der Waals surface area contributed by atoms with Gasteiger partial charge in [-0.3, -0.25) is 9.69 Å². The molecule has 30 heavy (non-hydrogen) atoms. The van der Waals surface area contributed by atoms with Crippen LogP contribution >= 0.6 is 0 Å². The zero-order valence-corrected chi connectivity index (χ0v) is 17.3. The van der Waals surface area contributed by atoms with Gasteiger partial charge in [0.05, 0.1) is 19.3 Å². The molecule has 2 aromatic rings. The minimum Gasteiger partial charge on any atom is -0.481 e. The predicted octanol–water partition coefficient (Wildman–Crippen LogP) is 2.39. The van der Waals surface area contributed by atoms with Crippen molar-refractivity contribution >= 4 is 11.6 Å². The number of ether oxygens (including phenoxy) is 2. The molecule has 1 atom stereocenters. The summed E-state index contributed by atoms with van der Waals surface area (Å²) in [6, 6.07) is 12.7. The van der Waals surface area contributed by atoms with Crippen LogP contribution in [0.25, 0.3) is 0 Å². The van der Waals surface area contributed by atoms with Crippen LogP contribution in [0.1, 0.15) is 17.2 Å². The highest BCUT2D eigenvalue weighted by Crippen LogP contribution is 2.31. The number of hydrogen-bond acceptors (Lipinski definition) is 5. The zero-order valence-electron chi connectivity index (χ0n) is 17.3. The summed E-state index contributed by atoms with van der Waals surface area (Å²) in [7, 11) is 2.11. The number of halogens is 1. The standard InChI is InChI=1S/C23H28FN3O3/c1-26-9-8-18-14-17(6-7-20(18)26)21(27-10-12-29-13-11-27)15-25-23(28)16-30-22-5-3-2-4-19(22)24/h2-7,14,21H,8-13,15-16H2,1H3,(H,25,28)/t21-/m0/s1. The molecule has 2 heterocycles. The van der Waals surface area contributed by atoms with E-state index >= 15 is 0 Å². The number of amides is 1. The Bertz CT molecular complexity index is 886. The topological polar surface area (TPSA) is 54.0 Å². The third kappa shape index (κ3) is 4.74. The molecular formula is C23H28FN3O3. The van der Waals surface area contributed by atoms with Crippen LogP contribution < -0.4 is 15.0 Å². The molecule has 2 aliphatic rings. The normalized spacial score (nSPS) is 17.5. The van der Waals surface area contributed by atoms with Gasteiger partial charge < -0.3 is 19.7 Å². The Morgan fingerprint density at radius 3 is 2.80 bits per heavy atom. The van der Waals surface area contributed by atoms with Crippen LogP contribution in [0.5, 0.6) is 5.75 Å². The van der Waals surface area contributed by atoms with Gasteiger partial charge in [0.2, 0.25) is 0 Å². The van der Waals surface area contributed by atoms with Gasteiger partial charge in [0, 0.05) is 38.9 Å². The number of hydrogen-bond donors (Lipinski definition) is 1. The van der Waals surface area contributed by atoms with Crippen LogP contribution in [0.4, 0.5) is 10.1 Å². The molecule has 0 saturated carbocycles. The van der Waals surface area contributed by atoms with Crippen molar-refractivity contribution in [3.05, 3.63) is 59.4 Å². The molecule has 6 nitrogen and oxygen atoms in total. The Balaban J connectivity index is 1.41. The zero-order chi connectivity index (χ0) is 20.9. The van der Waals surface area contributed by atoms with Crippen molar-refractivity contribution < 1.29 is 18.7 Å². The number of benzene rings is 2. The molecule has 1 N–H and O–H groups in total. The van der Waals surface area contributed by atoms with E-state index < -0.39 is 5.82 Å². The first kappa shape index (κ1) is 20.6. The fraction of sp³-hybridized carbons (Fsp3) is 0.435. The smallest absolute Gasteiger partial charge is 0.258 e. The molecule has 2 aromatic carbocycles. The Morgan fingerprint density at radius 2 is 2.00 bits per heavy atom. The molecule has 2 aliphatic heterocycles. The molecule has 1 saturated heterocycles. The maximum atomic E-state index is 13.7. The summed E-state index contributed by atoms with van der Waals surface area (Å²) in [5.74, 6) is -0.655. The molecule has 0 aromatic heterocycles. The number of anilines is 1. The number of likely N-dealkylation sites (N-methyl/N-ethyl adjacent to an activating group) is 1. The van der Waals surface area contributed by atoms with Gasteiger partial charge in [-0.15, -0.1) is 0 Å². The summed E-state index contributed by atoms with van der Waals surface area (Å²) in [5, 5.41) is 2.97. The number of nitrogens with zero attached hydrogens (tertiary/aromatic N) is 2. The van der Waals surface area contributed by atoms with Crippen LogP contribution in [0.15, 0.2) is 42.5 Å². The maximum Gasteiger partial charge on any atom is 0.258 e. The van der Waals surface area contributed by atoms with Gasteiger partial charge in [-0.1, -0.05) is 24.3 Å². The summed E-state index contributed by atoms with van der Waals surface area (Å²) in [5.41, 5.74) is 3.82. The van der Waals surface area contributed by atoms with Crippen molar-refractivity contribution in [2.24, 2.45) is 0 Å². The SMILES string of the molecule is CN1CCc2cc([C@H](CNC(=O)COc3ccccc3F)N3CCOCC3)ccc21. The van der Waals surface area contributed by atoms with E-state index in [0.717, 1.165) is 26.1 Å². The van der Waals surface area contributed by atoms with E-state index in [1.165, 1.54) is 28.9 Å². The van der Waals surface area contributed by atoms with Gasteiger partial charge in [-0.25, -0.2) is 4.39 Å². The second kappa shape index (κ2) is 9.45. The van der Waals surface area contributed by atoms with E-state index in [1.807, 2.05) is 0 Å². The Morgan fingerprint density at radius 1 is 1.20 bits per heavy atom. The second-order valence-electron chi connectivity index (χ2n) is 7.75. The molecule has 0 spiro atoms. The van der Waals surface area contributed by atoms with Crippen LogP contribution in [-0.4, -0.2) is 63.9 Å². The summed E-state index contributed by atoms with van der Waals surface area (Å²) in [6.07, 6.45) is 1.04. The third-order valence-electron chi connectivity index (χ3n) is 5.79. The number of nitrogens with one attached hydrogen (secondary N) is 1. The fourth-order valence-corrected chi connectivity index (χ4v) is 4.11. The van der Waals surface area contributed by atoms with Gasteiger partial charge in [0.1, 0.15) is 0 Å². The predicted molar refractivity (Wildman–Crippen MR) is 113 cm³/mol. The summed E-state index contributed by atoms with van der Waals surface area (Å²) >= 11 is 0. The number of rotatable bonds is 7. The highest BCUT2D eigenvalue weighted by Gasteiger charge is 2.25. The summed E-state index contributed by atoms with van der Waals surface area (Å²) in [6.45, 7) is 4.31. The monoisotopic (exact) mass is 413 g/mol. The van der Waals surface area contributed by atoms with Crippen molar-refractivity contribution in [3.8, 4) is 5.75 Å². The van der Waals surface area contributed by atoms with E-state index in [4.69, 9.17) is 9.47 Å². The largest absolute Gasteiger partial charge is 0.481 e. The number of para-hydroxylation sites is 1. The van der Waals surface area contributed by atoms with E-state index in [1.54, 1.807) is 12.1 Å². The maximum absolute atomic E-state index is 13.7. The third-order valence-corrected chi connectivity index (χ3v) is 5.79. The molecule has 1 amide bonds. The Kier molecular flexibility index (Phi) is 6.50. The number of carbonyl (C=O) groups is 1. The van der Waals surface area contributed by atoms with Gasteiger partial charge in [0.15, 0.2) is 18.2 Å². The average Bonchev–Trinajstić information content (AvgIpc) is 3.14. The number of morpholine rings is 1. The van der Waals surface area contributed by atoms with E-state index in [-0.39, 0.29) is 24.3 Å². The molecule has 4 rings (SSSR count). The molecule has 1 fully saturated rings. The van der Waals surface area contributed by atoms with Crippen LogP contribution in [0.3, 0.4) is 0 Å². The first-order valence-electron chi connectivity index (χ1n) is 10.4. The Labute approximate surface area is 176 Å². The number of fused-ring (bicyclic) bond motifs is 1. The van der Waals surface area contributed by atoms with Crippen molar-refractivity contribution in [2.75, 3.05) is 57.9 Å². The van der Waals surface area contributed by atoms with Crippen LogP contribution in [0.2, 0.25) is 0 Å². The van der Waals surface area contributed by atoms with Gasteiger partial charge in [-0.2, -0.15) is 0 Å². The first-order chi connectivity index (χ1) is 14.6. The molecule has 160 valence electrons. The quantitative estimate of drug-likeness (QED) is 0.756. The van der Waals surface area contributed by atoms with Crippen LogP contribution in [0, 0.1) is 5.82 Å². The molecule has 0 radical (unpaired) electrons. The lowest BCUT2D eigenvalue weighted by atomic mass is 10.0. The second-order valence-corrected chi connectivity index (χ2v) is 7.75. The highest BCUT2D eigenvalue weighted by atomic mass is 19.1. The summed E-state index contributed by atoms with van der Waals surface area (Å²) in [4.78, 5) is 17.0. The lowest BCUT2D eigenvalue weighted by molar-refractivity contribution is -0.123. The minimum absolute atomic E-state index is 0.0579. The highest BCUT2D eigenvalue weighted by molar-refractivity contribution is 5.77. The lowest BCUT2D eigenvalue weighted by Crippen LogP contribution is -2.44.